The second-order valence-electron chi connectivity index (χ2n) is 6.48. The van der Waals surface area contributed by atoms with E-state index in [-0.39, 0.29) is 18.8 Å². The van der Waals surface area contributed by atoms with Crippen molar-refractivity contribution in [3.63, 3.8) is 0 Å². The molecule has 2 aromatic rings. The zero-order valence-corrected chi connectivity index (χ0v) is 14.4. The summed E-state index contributed by atoms with van der Waals surface area (Å²) in [6.07, 6.45) is 3.15. The van der Waals surface area contributed by atoms with E-state index in [1.165, 1.54) is 0 Å². The number of pyridine rings is 1. The van der Waals surface area contributed by atoms with Crippen LogP contribution in [0.2, 0.25) is 0 Å². The average Bonchev–Trinajstić information content (AvgIpc) is 3.14. The number of nitrogens with one attached hydrogen (secondary N) is 1. The van der Waals surface area contributed by atoms with Crippen molar-refractivity contribution in [3.8, 4) is 11.5 Å². The number of rotatable bonds is 4. The largest absolute Gasteiger partial charge is 0.454 e. The Hall–Kier alpha value is -2.80. The maximum absolute atomic E-state index is 12.5. The van der Waals surface area contributed by atoms with E-state index in [2.05, 4.69) is 15.2 Å². The van der Waals surface area contributed by atoms with Crippen LogP contribution >= 0.6 is 0 Å². The number of piperidine rings is 1. The van der Waals surface area contributed by atoms with Crippen LogP contribution in [-0.4, -0.2) is 42.0 Å². The molecule has 3 heterocycles. The molecule has 0 saturated carbocycles. The van der Waals surface area contributed by atoms with Crippen molar-refractivity contribution in [1.29, 1.82) is 0 Å². The molecule has 0 bridgehead atoms. The number of nitrogens with zero attached hydrogens (tertiary/aromatic N) is 2. The van der Waals surface area contributed by atoms with E-state index in [1.807, 2.05) is 12.1 Å². The summed E-state index contributed by atoms with van der Waals surface area (Å²) in [4.78, 5) is 19.0. The number of carbonyl (C=O) groups is 1. The fourth-order valence-corrected chi connectivity index (χ4v) is 3.32. The molecular formula is C19H21N3O4. The van der Waals surface area contributed by atoms with Gasteiger partial charge in [-0.3, -0.25) is 4.79 Å². The third-order valence-corrected chi connectivity index (χ3v) is 4.64. The highest BCUT2D eigenvalue weighted by Crippen LogP contribution is 2.32. The van der Waals surface area contributed by atoms with E-state index in [0.29, 0.717) is 30.2 Å². The molecule has 7 heteroatoms. The third-order valence-electron chi connectivity index (χ3n) is 4.64. The van der Waals surface area contributed by atoms with Crippen molar-refractivity contribution >= 4 is 11.7 Å². The number of aliphatic hydroxyl groups excluding tert-OH is 1. The van der Waals surface area contributed by atoms with Crippen molar-refractivity contribution in [2.75, 3.05) is 24.8 Å². The highest BCUT2D eigenvalue weighted by molar-refractivity contribution is 5.95. The lowest BCUT2D eigenvalue weighted by Crippen LogP contribution is -2.39. The van der Waals surface area contributed by atoms with E-state index < -0.39 is 0 Å². The third kappa shape index (κ3) is 3.43. The first-order valence-electron chi connectivity index (χ1n) is 8.75. The quantitative estimate of drug-likeness (QED) is 0.869. The predicted molar refractivity (Wildman–Crippen MR) is 95.4 cm³/mol. The van der Waals surface area contributed by atoms with Gasteiger partial charge in [-0.25, -0.2) is 4.98 Å². The van der Waals surface area contributed by atoms with Crippen molar-refractivity contribution in [1.82, 2.24) is 10.3 Å². The number of hydrogen-bond acceptors (Lipinski definition) is 6. The van der Waals surface area contributed by atoms with Crippen LogP contribution in [0.25, 0.3) is 0 Å². The number of anilines is 1. The number of aromatic nitrogens is 1. The van der Waals surface area contributed by atoms with Crippen molar-refractivity contribution in [3.05, 3.63) is 47.7 Å². The number of benzene rings is 1. The van der Waals surface area contributed by atoms with Crippen LogP contribution in [0.5, 0.6) is 11.5 Å². The summed E-state index contributed by atoms with van der Waals surface area (Å²) in [5.74, 6) is 1.87. The first kappa shape index (κ1) is 16.7. The number of fused-ring (bicyclic) bond motifs is 1. The molecule has 0 unspecified atom stereocenters. The Morgan fingerprint density at radius 3 is 3.08 bits per heavy atom. The van der Waals surface area contributed by atoms with E-state index >= 15 is 0 Å². The molecule has 0 spiro atoms. The molecule has 1 atom stereocenters. The van der Waals surface area contributed by atoms with Crippen LogP contribution in [0.3, 0.4) is 0 Å². The monoisotopic (exact) mass is 355 g/mol. The Morgan fingerprint density at radius 2 is 2.19 bits per heavy atom. The van der Waals surface area contributed by atoms with Gasteiger partial charge in [0.15, 0.2) is 11.5 Å². The number of hydrogen-bond donors (Lipinski definition) is 2. The molecule has 4 rings (SSSR count). The Balaban J connectivity index is 1.45. The van der Waals surface area contributed by atoms with Crippen LogP contribution in [-0.2, 0) is 6.54 Å². The molecule has 1 fully saturated rings. The maximum atomic E-state index is 12.5. The standard InChI is InChI=1S/C19H21N3O4/c23-15-4-2-8-22(11-15)18-14(3-1-7-20-18)10-21-19(24)13-5-6-16-17(9-13)26-12-25-16/h1,3,5-7,9,15,23H,2,4,8,10-12H2,(H,21,24)/t15-/m1/s1. The molecule has 7 nitrogen and oxygen atoms in total. The first-order valence-corrected chi connectivity index (χ1v) is 8.75. The van der Waals surface area contributed by atoms with Crippen LogP contribution in [0.1, 0.15) is 28.8 Å². The fraction of sp³-hybridized carbons (Fsp3) is 0.368. The molecule has 1 aromatic heterocycles. The van der Waals surface area contributed by atoms with Gasteiger partial charge in [0.05, 0.1) is 6.10 Å². The Kier molecular flexibility index (Phi) is 4.62. The molecule has 1 amide bonds. The smallest absolute Gasteiger partial charge is 0.251 e. The van der Waals surface area contributed by atoms with Gasteiger partial charge in [-0.1, -0.05) is 6.07 Å². The van der Waals surface area contributed by atoms with Crippen LogP contribution < -0.4 is 19.7 Å². The summed E-state index contributed by atoms with van der Waals surface area (Å²) in [6.45, 7) is 1.97. The van der Waals surface area contributed by atoms with Gasteiger partial charge >= 0.3 is 0 Å². The topological polar surface area (TPSA) is 83.9 Å². The summed E-state index contributed by atoms with van der Waals surface area (Å²) in [7, 11) is 0. The molecule has 26 heavy (non-hydrogen) atoms. The maximum Gasteiger partial charge on any atom is 0.251 e. The number of ether oxygens (including phenoxy) is 2. The molecule has 0 radical (unpaired) electrons. The molecule has 1 aromatic carbocycles. The van der Waals surface area contributed by atoms with Gasteiger partial charge < -0.3 is 24.8 Å². The first-order chi connectivity index (χ1) is 12.7. The van der Waals surface area contributed by atoms with Gasteiger partial charge in [-0.15, -0.1) is 0 Å². The summed E-state index contributed by atoms with van der Waals surface area (Å²) >= 11 is 0. The molecule has 2 aliphatic heterocycles. The normalized spacial score (nSPS) is 18.7. The zero-order valence-electron chi connectivity index (χ0n) is 14.4. The second kappa shape index (κ2) is 7.21. The minimum absolute atomic E-state index is 0.182. The minimum Gasteiger partial charge on any atom is -0.454 e. The molecule has 2 aliphatic rings. The lowest BCUT2D eigenvalue weighted by molar-refractivity contribution is 0.0950. The fourth-order valence-electron chi connectivity index (χ4n) is 3.32. The Labute approximate surface area is 151 Å². The van der Waals surface area contributed by atoms with Gasteiger partial charge in [0.2, 0.25) is 6.79 Å². The van der Waals surface area contributed by atoms with E-state index in [1.54, 1.807) is 24.4 Å². The van der Waals surface area contributed by atoms with Gasteiger partial charge in [0.25, 0.3) is 5.91 Å². The van der Waals surface area contributed by atoms with Crippen LogP contribution in [0.4, 0.5) is 5.82 Å². The molecule has 0 aliphatic carbocycles. The zero-order chi connectivity index (χ0) is 17.9. The molecular weight excluding hydrogens is 334 g/mol. The van der Waals surface area contributed by atoms with Gasteiger partial charge in [-0.05, 0) is 37.1 Å². The molecule has 136 valence electrons. The summed E-state index contributed by atoms with van der Waals surface area (Å²) in [5.41, 5.74) is 1.45. The van der Waals surface area contributed by atoms with E-state index in [4.69, 9.17) is 9.47 Å². The summed E-state index contributed by atoms with van der Waals surface area (Å²) in [6, 6.07) is 8.94. The molecule has 1 saturated heterocycles. The number of amides is 1. The van der Waals surface area contributed by atoms with Crippen LogP contribution in [0, 0.1) is 0 Å². The summed E-state index contributed by atoms with van der Waals surface area (Å²) in [5, 5.41) is 12.8. The van der Waals surface area contributed by atoms with Gasteiger partial charge in [-0.2, -0.15) is 0 Å². The van der Waals surface area contributed by atoms with Crippen molar-refractivity contribution in [2.24, 2.45) is 0 Å². The van der Waals surface area contributed by atoms with E-state index in [0.717, 1.165) is 30.8 Å². The number of β-amino-alcohol motifs (C(OH)–C–C–N with tert-alkyl or cyclic N) is 1. The predicted octanol–water partition coefficient (Wildman–Crippen LogP) is 1.70. The minimum atomic E-state index is -0.332. The Morgan fingerprint density at radius 1 is 1.31 bits per heavy atom. The van der Waals surface area contributed by atoms with Gasteiger partial charge in [0, 0.05) is 37.0 Å². The van der Waals surface area contributed by atoms with E-state index in [9.17, 15) is 9.90 Å². The second-order valence-corrected chi connectivity index (χ2v) is 6.48. The summed E-state index contributed by atoms with van der Waals surface area (Å²) < 4.78 is 10.6. The number of carbonyl (C=O) groups excluding carboxylic acids is 1. The Bertz CT molecular complexity index is 811. The highest BCUT2D eigenvalue weighted by atomic mass is 16.7. The number of aliphatic hydroxyl groups is 1. The lowest BCUT2D eigenvalue weighted by atomic mass is 10.1. The lowest BCUT2D eigenvalue weighted by Gasteiger charge is -2.32. The SMILES string of the molecule is O=C(NCc1cccnc1N1CCC[C@@H](O)C1)c1ccc2c(c1)OCO2. The van der Waals surface area contributed by atoms with Crippen LogP contribution in [0.15, 0.2) is 36.5 Å². The van der Waals surface area contributed by atoms with Crippen molar-refractivity contribution < 1.29 is 19.4 Å². The molecule has 2 N–H and O–H groups in total. The average molecular weight is 355 g/mol. The highest BCUT2D eigenvalue weighted by Gasteiger charge is 2.21. The van der Waals surface area contributed by atoms with Crippen molar-refractivity contribution in [2.45, 2.75) is 25.5 Å². The van der Waals surface area contributed by atoms with Gasteiger partial charge in [0.1, 0.15) is 5.82 Å².